The van der Waals surface area contributed by atoms with E-state index in [2.05, 4.69) is 138 Å². The molecule has 28 atom stereocenters. The molecule has 12 heteroatoms. The van der Waals surface area contributed by atoms with Crippen LogP contribution in [-0.4, -0.2) is 85.8 Å². The predicted octanol–water partition coefficient (Wildman–Crippen LogP) is 24.9. The van der Waals surface area contributed by atoms with Gasteiger partial charge in [0.2, 0.25) is 0 Å². The second-order valence-electron chi connectivity index (χ2n) is 43.2. The van der Waals surface area contributed by atoms with Crippen molar-refractivity contribution >= 4 is 29.8 Å². The maximum atomic E-state index is 11.5. The van der Waals surface area contributed by atoms with Gasteiger partial charge in [-0.05, 0) is 258 Å². The number of hydrogen-bond donors (Lipinski definition) is 0. The second-order valence-corrected chi connectivity index (χ2v) is 43.2. The fraction of sp³-hybridized carbons (Fsp3) is 0.948. The minimum atomic E-state index is 0.0155. The van der Waals surface area contributed by atoms with Crippen LogP contribution < -0.4 is 0 Å². The number of hydrogen-bond acceptors (Lipinski definition) is 12. The smallest absolute Gasteiger partial charge is 0.309 e. The third kappa shape index (κ3) is 23.4. The van der Waals surface area contributed by atoms with E-state index >= 15 is 0 Å². The van der Waals surface area contributed by atoms with E-state index in [-0.39, 0.29) is 84.0 Å². The number of fused-ring (bicyclic) bond motifs is 7. The van der Waals surface area contributed by atoms with Crippen LogP contribution in [0.15, 0.2) is 0 Å². The average Bonchev–Trinajstić information content (AvgIpc) is 1.69. The summed E-state index contributed by atoms with van der Waals surface area (Å²) < 4.78 is 39.5. The van der Waals surface area contributed by atoms with E-state index in [1.807, 2.05) is 27.7 Å². The zero-order valence-electron chi connectivity index (χ0n) is 74.9. The molecule has 7 saturated heterocycles. The monoisotopic (exact) mass is 1530 g/mol. The van der Waals surface area contributed by atoms with Gasteiger partial charge in [-0.2, -0.15) is 0 Å². The van der Waals surface area contributed by atoms with Crippen LogP contribution in [0, 0.1) is 139 Å². The number of ether oxygens (including phenoxy) is 7. The largest absolute Gasteiger partial charge is 0.462 e. The highest BCUT2D eigenvalue weighted by molar-refractivity contribution is 5.76. The third-order valence-electron chi connectivity index (χ3n) is 33.9. The molecule has 7 heterocycles. The van der Waals surface area contributed by atoms with Crippen molar-refractivity contribution in [3.05, 3.63) is 0 Å². The van der Waals surface area contributed by atoms with E-state index in [0.29, 0.717) is 98.0 Å². The van der Waals surface area contributed by atoms with Gasteiger partial charge >= 0.3 is 29.8 Å². The lowest BCUT2D eigenvalue weighted by Gasteiger charge is -2.48. The van der Waals surface area contributed by atoms with E-state index in [0.717, 1.165) is 80.8 Å². The lowest BCUT2D eigenvalue weighted by molar-refractivity contribution is -0.171. The van der Waals surface area contributed by atoms with E-state index in [1.54, 1.807) is 0 Å². The van der Waals surface area contributed by atoms with Gasteiger partial charge in [0.05, 0.1) is 35.9 Å². The lowest BCUT2D eigenvalue weighted by Crippen LogP contribution is -2.46. The minimum absolute atomic E-state index is 0.0155. The number of rotatable bonds is 15. The van der Waals surface area contributed by atoms with Crippen molar-refractivity contribution < 1.29 is 57.1 Å². The maximum Gasteiger partial charge on any atom is 0.309 e. The van der Waals surface area contributed by atoms with E-state index in [1.165, 1.54) is 186 Å². The van der Waals surface area contributed by atoms with E-state index < -0.39 is 0 Å². The standard InChI is InChI=1S/5C14H24O2.C14H26O.C13H24O/c1-9(2)14(4)6-5-11-10(3)7-13(15)16-12(11)8-14;4*1-4-5-7-14(3)8-6-11-10(2)13(15)16-12(11)9-14;1-10(2)14(4)7-5-12-11(3)6-8-15-13(12)9-14;1-9(2)13(4)6-5-11-10(3)8-14-12(11)7-13/h9-12H,5-8H2,1-4H3;4*10-12H,4-9H2,1-3H3;10-13H,5-9H2,1-4H3;9-12H,5-8H2,1-4H3/t;10?,11-,12?,14?;10-,11+,12?,14?;10-,11-,12?,14?;;;/m.010.../s1. The first-order chi connectivity index (χ1) is 51.2. The SMILES string of the molecule is CC1CC(=O)OC2CC(C)(C(C)C)CCC12.CC1CCOC2CC(C)(C(C)C)CCC12.CC1COC2CC(C)(C(C)C)CCC12.CCCCC1(C)CCC2C(C1)OC(=O)C2C.CCCCC1(C)CC[C@@H]2C(C1)OC(=O)C2C.CCCCC1(C)CC[C@@H]2C(C1)OC(=O)[C@@H]2C.CCCCC1(C)CC[C@@H]2C(C1)OC(=O)[C@H]2C. The molecule has 0 aromatic rings. The van der Waals surface area contributed by atoms with Gasteiger partial charge in [0, 0.05) is 43.3 Å². The molecule has 14 rings (SSSR count). The Morgan fingerprint density at radius 1 is 0.312 bits per heavy atom. The average molecular weight is 1530 g/mol. The minimum Gasteiger partial charge on any atom is -0.462 e. The molecule has 109 heavy (non-hydrogen) atoms. The Kier molecular flexibility index (Phi) is 33.2. The summed E-state index contributed by atoms with van der Waals surface area (Å²) in [4.78, 5) is 57.7. The molecule has 14 aliphatic rings. The molecule has 0 N–H and O–H groups in total. The lowest BCUT2D eigenvalue weighted by atomic mass is 9.62. The van der Waals surface area contributed by atoms with Crippen LogP contribution in [0.1, 0.15) is 391 Å². The summed E-state index contributed by atoms with van der Waals surface area (Å²) in [5, 5.41) is 0. The third-order valence-corrected chi connectivity index (χ3v) is 33.9. The molecule has 0 radical (unpaired) electrons. The van der Waals surface area contributed by atoms with Gasteiger partial charge in [0.25, 0.3) is 0 Å². The first-order valence-electron chi connectivity index (χ1n) is 46.4. The quantitative estimate of drug-likeness (QED) is 0.113. The summed E-state index contributed by atoms with van der Waals surface area (Å²) in [6, 6.07) is 0. The van der Waals surface area contributed by atoms with Crippen molar-refractivity contribution in [2.75, 3.05) is 13.2 Å². The Morgan fingerprint density at radius 2 is 0.578 bits per heavy atom. The molecule has 7 aliphatic heterocycles. The number of unbranched alkanes of at least 4 members (excludes halogenated alkanes) is 4. The molecule has 630 valence electrons. The van der Waals surface area contributed by atoms with Gasteiger partial charge in [-0.3, -0.25) is 24.0 Å². The topological polar surface area (TPSA) is 150 Å². The molecular weight excluding hydrogens is 1360 g/mol. The summed E-state index contributed by atoms with van der Waals surface area (Å²) in [7, 11) is 0. The van der Waals surface area contributed by atoms with Gasteiger partial charge in [-0.1, -0.05) is 218 Å². The Labute approximate surface area is 668 Å². The van der Waals surface area contributed by atoms with Crippen LogP contribution in [0.2, 0.25) is 0 Å². The molecule has 7 aliphatic carbocycles. The first-order valence-corrected chi connectivity index (χ1v) is 46.4. The molecule has 12 nitrogen and oxygen atoms in total. The van der Waals surface area contributed by atoms with E-state index in [9.17, 15) is 24.0 Å². The molecule has 0 amide bonds. The molecule has 14 fully saturated rings. The van der Waals surface area contributed by atoms with Crippen LogP contribution in [0.5, 0.6) is 0 Å². The van der Waals surface area contributed by atoms with Crippen molar-refractivity contribution in [1.29, 1.82) is 0 Å². The molecule has 0 aromatic carbocycles. The maximum absolute atomic E-state index is 11.5. The summed E-state index contributed by atoms with van der Waals surface area (Å²) >= 11 is 0. The summed E-state index contributed by atoms with van der Waals surface area (Å²) in [5.41, 5.74) is 3.09. The highest BCUT2D eigenvalue weighted by atomic mass is 16.6. The van der Waals surface area contributed by atoms with Crippen LogP contribution in [0.3, 0.4) is 0 Å². The van der Waals surface area contributed by atoms with Gasteiger partial charge in [0.15, 0.2) is 0 Å². The van der Waals surface area contributed by atoms with Gasteiger partial charge in [-0.25, -0.2) is 0 Å². The molecule has 0 aromatic heterocycles. The van der Waals surface area contributed by atoms with Crippen molar-refractivity contribution in [2.24, 2.45) is 139 Å². The molecular formula is C97H170O12. The van der Waals surface area contributed by atoms with Gasteiger partial charge < -0.3 is 33.2 Å². The van der Waals surface area contributed by atoms with Crippen LogP contribution >= 0.6 is 0 Å². The first kappa shape index (κ1) is 91.8. The normalized spacial score (nSPS) is 44.3. The zero-order chi connectivity index (χ0) is 80.4. The van der Waals surface area contributed by atoms with Crippen molar-refractivity contribution in [1.82, 2.24) is 0 Å². The number of carbonyl (C=O) groups excluding carboxylic acids is 5. The predicted molar refractivity (Wildman–Crippen MR) is 443 cm³/mol. The van der Waals surface area contributed by atoms with Crippen molar-refractivity contribution in [2.45, 2.75) is 434 Å². The second kappa shape index (κ2) is 39.5. The molecule has 7 saturated carbocycles. The fourth-order valence-electron chi connectivity index (χ4n) is 23.5. The number of carbonyl (C=O) groups is 5. The van der Waals surface area contributed by atoms with Crippen LogP contribution in [-0.2, 0) is 57.1 Å². The Balaban J connectivity index is 0.000000160. The Hall–Kier alpha value is -2.73. The molecule has 23 unspecified atom stereocenters. The fourth-order valence-corrected chi connectivity index (χ4v) is 23.5. The Morgan fingerprint density at radius 3 is 0.881 bits per heavy atom. The van der Waals surface area contributed by atoms with Crippen molar-refractivity contribution in [3.8, 4) is 0 Å². The zero-order valence-corrected chi connectivity index (χ0v) is 74.9. The van der Waals surface area contributed by atoms with Gasteiger partial charge in [-0.15, -0.1) is 0 Å². The number of esters is 5. The molecule has 0 spiro atoms. The van der Waals surface area contributed by atoms with Gasteiger partial charge in [0.1, 0.15) is 30.5 Å². The van der Waals surface area contributed by atoms with Crippen LogP contribution in [0.25, 0.3) is 0 Å². The highest BCUT2D eigenvalue weighted by Crippen LogP contribution is 2.56. The van der Waals surface area contributed by atoms with E-state index in [4.69, 9.17) is 33.2 Å². The summed E-state index contributed by atoms with van der Waals surface area (Å²) in [6.07, 6.45) is 45.5. The molecule has 0 bridgehead atoms. The highest BCUT2D eigenvalue weighted by Gasteiger charge is 2.54. The Bertz CT molecular complexity index is 2650. The van der Waals surface area contributed by atoms with Crippen molar-refractivity contribution in [3.63, 3.8) is 0 Å². The van der Waals surface area contributed by atoms with Crippen LogP contribution in [0.4, 0.5) is 0 Å². The summed E-state index contributed by atoms with van der Waals surface area (Å²) in [6.45, 7) is 56.8. The summed E-state index contributed by atoms with van der Waals surface area (Å²) in [5.74, 6) is 9.52.